The van der Waals surface area contributed by atoms with Gasteiger partial charge in [0.25, 0.3) is 0 Å². The summed E-state index contributed by atoms with van der Waals surface area (Å²) >= 11 is 0. The van der Waals surface area contributed by atoms with Gasteiger partial charge in [0.15, 0.2) is 0 Å². The van der Waals surface area contributed by atoms with E-state index < -0.39 is 5.97 Å². The normalized spacial score (nSPS) is 30.4. The number of aryl methyl sites for hydroxylation is 1. The molecule has 1 aromatic rings. The molecule has 5 heteroatoms. The van der Waals surface area contributed by atoms with E-state index in [1.165, 1.54) is 19.3 Å². The summed E-state index contributed by atoms with van der Waals surface area (Å²) < 4.78 is 1.92. The second kappa shape index (κ2) is 5.56. The van der Waals surface area contributed by atoms with Crippen molar-refractivity contribution >= 4 is 5.97 Å². The Hall–Kier alpha value is -1.36. The van der Waals surface area contributed by atoms with Gasteiger partial charge in [0, 0.05) is 18.8 Å². The standard InChI is InChI=1S/C15H23N3O2/c1-11-9-16-17(10-11)6-7-18-13-5-3-2-4-12(13)8-14(18)15(19)20/h9-10,12-14H,2-8H2,1H3,(H,19,20). The first-order chi connectivity index (χ1) is 9.65. The quantitative estimate of drug-likeness (QED) is 0.913. The Balaban J connectivity index is 1.69. The summed E-state index contributed by atoms with van der Waals surface area (Å²) in [7, 11) is 0. The Kier molecular flexibility index (Phi) is 3.78. The van der Waals surface area contributed by atoms with Gasteiger partial charge in [-0.15, -0.1) is 0 Å². The maximum Gasteiger partial charge on any atom is 0.320 e. The lowest BCUT2D eigenvalue weighted by molar-refractivity contribution is -0.142. The summed E-state index contributed by atoms with van der Waals surface area (Å²) in [6.07, 6.45) is 9.56. The van der Waals surface area contributed by atoms with Crippen molar-refractivity contribution in [1.82, 2.24) is 14.7 Å². The van der Waals surface area contributed by atoms with Crippen LogP contribution >= 0.6 is 0 Å². The first-order valence-electron chi connectivity index (χ1n) is 7.63. The zero-order valence-electron chi connectivity index (χ0n) is 12.0. The molecule has 3 rings (SSSR count). The SMILES string of the molecule is Cc1cnn(CCN2C(C(=O)O)CC3CCCCC32)c1. The minimum absolute atomic E-state index is 0.292. The average molecular weight is 277 g/mol. The highest BCUT2D eigenvalue weighted by Crippen LogP contribution is 2.39. The number of aliphatic carboxylic acids is 1. The maximum absolute atomic E-state index is 11.5. The van der Waals surface area contributed by atoms with Gasteiger partial charge >= 0.3 is 5.97 Å². The summed E-state index contributed by atoms with van der Waals surface area (Å²) in [5.74, 6) is -0.0692. The van der Waals surface area contributed by atoms with E-state index in [-0.39, 0.29) is 6.04 Å². The molecule has 0 bridgehead atoms. The van der Waals surface area contributed by atoms with Crippen LogP contribution in [0.3, 0.4) is 0 Å². The van der Waals surface area contributed by atoms with E-state index >= 15 is 0 Å². The fourth-order valence-electron chi connectivity index (χ4n) is 3.92. The van der Waals surface area contributed by atoms with Crippen molar-refractivity contribution < 1.29 is 9.90 Å². The number of rotatable bonds is 4. The monoisotopic (exact) mass is 277 g/mol. The number of hydrogen-bond donors (Lipinski definition) is 1. The van der Waals surface area contributed by atoms with Gasteiger partial charge in [-0.05, 0) is 37.7 Å². The van der Waals surface area contributed by atoms with Gasteiger partial charge in [0.2, 0.25) is 0 Å². The van der Waals surface area contributed by atoms with Crippen LogP contribution in [0.5, 0.6) is 0 Å². The molecule has 0 amide bonds. The Morgan fingerprint density at radius 3 is 2.90 bits per heavy atom. The van der Waals surface area contributed by atoms with Crippen molar-refractivity contribution in [2.24, 2.45) is 5.92 Å². The van der Waals surface area contributed by atoms with Crippen molar-refractivity contribution in [1.29, 1.82) is 0 Å². The van der Waals surface area contributed by atoms with E-state index in [4.69, 9.17) is 0 Å². The number of nitrogens with zero attached hydrogens (tertiary/aromatic N) is 3. The molecule has 1 saturated carbocycles. The first-order valence-corrected chi connectivity index (χ1v) is 7.63. The van der Waals surface area contributed by atoms with E-state index in [2.05, 4.69) is 10.00 Å². The Morgan fingerprint density at radius 2 is 2.20 bits per heavy atom. The fraction of sp³-hybridized carbons (Fsp3) is 0.733. The number of fused-ring (bicyclic) bond motifs is 1. The van der Waals surface area contributed by atoms with Crippen molar-refractivity contribution in [2.75, 3.05) is 6.54 Å². The van der Waals surface area contributed by atoms with E-state index in [9.17, 15) is 9.90 Å². The van der Waals surface area contributed by atoms with Crippen molar-refractivity contribution in [3.63, 3.8) is 0 Å². The minimum atomic E-state index is -0.656. The molecule has 1 aliphatic carbocycles. The highest BCUT2D eigenvalue weighted by Gasteiger charge is 2.44. The van der Waals surface area contributed by atoms with Gasteiger partial charge in [0.1, 0.15) is 6.04 Å². The minimum Gasteiger partial charge on any atom is -0.480 e. The molecule has 2 heterocycles. The lowest BCUT2D eigenvalue weighted by atomic mass is 9.85. The molecule has 1 saturated heterocycles. The van der Waals surface area contributed by atoms with Crippen LogP contribution in [0.15, 0.2) is 12.4 Å². The summed E-state index contributed by atoms with van der Waals surface area (Å²) in [5.41, 5.74) is 1.15. The molecule has 0 aromatic carbocycles. The van der Waals surface area contributed by atoms with Crippen LogP contribution in [0.4, 0.5) is 0 Å². The van der Waals surface area contributed by atoms with Crippen LogP contribution in [0.2, 0.25) is 0 Å². The van der Waals surface area contributed by atoms with E-state index in [0.717, 1.165) is 31.5 Å². The van der Waals surface area contributed by atoms with E-state index in [1.54, 1.807) is 0 Å². The van der Waals surface area contributed by atoms with Crippen LogP contribution in [-0.4, -0.2) is 44.4 Å². The van der Waals surface area contributed by atoms with Gasteiger partial charge in [-0.3, -0.25) is 14.4 Å². The van der Waals surface area contributed by atoms with Gasteiger partial charge in [-0.1, -0.05) is 12.8 Å². The number of carboxylic acids is 1. The molecule has 3 atom stereocenters. The molecule has 110 valence electrons. The molecule has 1 N–H and O–H groups in total. The van der Waals surface area contributed by atoms with E-state index in [1.807, 2.05) is 24.0 Å². The third-order valence-electron chi connectivity index (χ3n) is 4.86. The van der Waals surface area contributed by atoms with Crippen LogP contribution in [0.1, 0.15) is 37.7 Å². The molecule has 5 nitrogen and oxygen atoms in total. The van der Waals surface area contributed by atoms with Crippen molar-refractivity contribution in [3.05, 3.63) is 18.0 Å². The highest BCUT2D eigenvalue weighted by atomic mass is 16.4. The molecule has 2 aliphatic rings. The molecule has 1 aliphatic heterocycles. The topological polar surface area (TPSA) is 58.4 Å². The summed E-state index contributed by atoms with van der Waals surface area (Å²) in [6.45, 7) is 3.59. The van der Waals surface area contributed by atoms with Crippen molar-refractivity contribution in [3.8, 4) is 0 Å². The van der Waals surface area contributed by atoms with Crippen LogP contribution in [-0.2, 0) is 11.3 Å². The van der Waals surface area contributed by atoms with Gasteiger partial charge in [-0.25, -0.2) is 0 Å². The maximum atomic E-state index is 11.5. The number of carboxylic acid groups (broad SMARTS) is 1. The molecule has 3 unspecified atom stereocenters. The molecule has 2 fully saturated rings. The van der Waals surface area contributed by atoms with Crippen LogP contribution in [0, 0.1) is 12.8 Å². The molecule has 0 radical (unpaired) electrons. The van der Waals surface area contributed by atoms with Crippen LogP contribution < -0.4 is 0 Å². The molecule has 0 spiro atoms. The Bertz CT molecular complexity index is 485. The second-order valence-electron chi connectivity index (χ2n) is 6.22. The molecule has 1 aromatic heterocycles. The van der Waals surface area contributed by atoms with Crippen LogP contribution in [0.25, 0.3) is 0 Å². The summed E-state index contributed by atoms with van der Waals surface area (Å²) in [6, 6.07) is 0.182. The second-order valence-corrected chi connectivity index (χ2v) is 6.22. The van der Waals surface area contributed by atoms with Gasteiger partial charge < -0.3 is 5.11 Å². The predicted octanol–water partition coefficient (Wildman–Crippen LogP) is 1.91. The number of hydrogen-bond acceptors (Lipinski definition) is 3. The summed E-state index contributed by atoms with van der Waals surface area (Å²) in [4.78, 5) is 13.7. The lowest BCUT2D eigenvalue weighted by Gasteiger charge is -2.32. The first kappa shape index (κ1) is 13.6. The fourth-order valence-corrected chi connectivity index (χ4v) is 3.92. The molecule has 20 heavy (non-hydrogen) atoms. The number of likely N-dealkylation sites (tertiary alicyclic amines) is 1. The molecular formula is C15H23N3O2. The number of carbonyl (C=O) groups is 1. The Morgan fingerprint density at radius 1 is 1.40 bits per heavy atom. The van der Waals surface area contributed by atoms with Crippen molar-refractivity contribution in [2.45, 2.75) is 57.7 Å². The smallest absolute Gasteiger partial charge is 0.320 e. The third kappa shape index (κ3) is 2.59. The summed E-state index contributed by atoms with van der Waals surface area (Å²) in [5, 5.41) is 13.8. The predicted molar refractivity (Wildman–Crippen MR) is 75.5 cm³/mol. The zero-order valence-corrected chi connectivity index (χ0v) is 12.0. The average Bonchev–Trinajstić information content (AvgIpc) is 3.00. The van der Waals surface area contributed by atoms with Gasteiger partial charge in [-0.2, -0.15) is 5.10 Å². The Labute approximate surface area is 119 Å². The highest BCUT2D eigenvalue weighted by molar-refractivity contribution is 5.74. The van der Waals surface area contributed by atoms with E-state index in [0.29, 0.717) is 12.0 Å². The largest absolute Gasteiger partial charge is 0.480 e. The number of aromatic nitrogens is 2. The van der Waals surface area contributed by atoms with Gasteiger partial charge in [0.05, 0.1) is 12.7 Å². The lowest BCUT2D eigenvalue weighted by Crippen LogP contribution is -2.43. The molecular weight excluding hydrogens is 254 g/mol. The third-order valence-corrected chi connectivity index (χ3v) is 4.86. The zero-order chi connectivity index (χ0) is 14.1.